The van der Waals surface area contributed by atoms with Crippen molar-refractivity contribution in [2.45, 2.75) is 6.92 Å². The van der Waals surface area contributed by atoms with Gasteiger partial charge >= 0.3 is 0 Å². The van der Waals surface area contributed by atoms with Crippen LogP contribution in [0.1, 0.15) is 10.4 Å². The molecule has 4 nitrogen and oxygen atoms in total. The lowest BCUT2D eigenvalue weighted by atomic mass is 10.3. The molecule has 104 valence electrons. The molecule has 0 aliphatic carbocycles. The van der Waals surface area contributed by atoms with E-state index in [1.807, 2.05) is 30.5 Å². The number of pyridine rings is 1. The second kappa shape index (κ2) is 4.72. The molecule has 0 saturated heterocycles. The van der Waals surface area contributed by atoms with E-state index in [0.29, 0.717) is 15.1 Å². The van der Waals surface area contributed by atoms with E-state index in [9.17, 15) is 4.79 Å². The zero-order valence-corrected chi connectivity index (χ0v) is 14.1. The molecule has 0 aliphatic heterocycles. The Kier molecular flexibility index (Phi) is 2.95. The van der Waals surface area contributed by atoms with Gasteiger partial charge < -0.3 is 0 Å². The minimum atomic E-state index is -0.0554. The first-order valence-corrected chi connectivity index (χ1v) is 8.65. The molecule has 0 N–H and O–H groups in total. The molecular formula is C14H8BrN3OS2. The fourth-order valence-electron chi connectivity index (χ4n) is 2.17. The van der Waals surface area contributed by atoms with Gasteiger partial charge in [-0.3, -0.25) is 4.79 Å². The van der Waals surface area contributed by atoms with E-state index in [0.717, 1.165) is 14.9 Å². The number of hydrogen-bond acceptors (Lipinski definition) is 5. The predicted octanol–water partition coefficient (Wildman–Crippen LogP) is 2.98. The molecule has 4 aromatic rings. The Morgan fingerprint density at radius 1 is 1.43 bits per heavy atom. The predicted molar refractivity (Wildman–Crippen MR) is 90.2 cm³/mol. The van der Waals surface area contributed by atoms with Crippen LogP contribution >= 0.6 is 38.6 Å². The van der Waals surface area contributed by atoms with Crippen LogP contribution in [-0.2, 0) is 0 Å². The van der Waals surface area contributed by atoms with Crippen LogP contribution in [0.4, 0.5) is 0 Å². The first-order valence-electron chi connectivity index (χ1n) is 6.16. The minimum Gasteiger partial charge on any atom is -0.267 e. The minimum absolute atomic E-state index is 0.0554. The van der Waals surface area contributed by atoms with Crippen LogP contribution in [0.15, 0.2) is 33.0 Å². The Hall–Kier alpha value is -1.57. The van der Waals surface area contributed by atoms with Gasteiger partial charge in [0.2, 0.25) is 0 Å². The number of thiophene rings is 1. The van der Waals surface area contributed by atoms with Gasteiger partial charge in [-0.05, 0) is 52.0 Å². The summed E-state index contributed by atoms with van der Waals surface area (Å²) in [6, 6.07) is 3.92. The van der Waals surface area contributed by atoms with Crippen LogP contribution in [-0.4, -0.2) is 14.4 Å². The highest BCUT2D eigenvalue weighted by atomic mass is 79.9. The van der Waals surface area contributed by atoms with Crippen LogP contribution in [0.2, 0.25) is 0 Å². The number of rotatable bonds is 1. The fourth-order valence-corrected chi connectivity index (χ4v) is 4.38. The summed E-state index contributed by atoms with van der Waals surface area (Å²) >= 11 is 6.40. The normalized spacial score (nSPS) is 12.8. The van der Waals surface area contributed by atoms with Crippen molar-refractivity contribution in [2.24, 2.45) is 0 Å². The average molecular weight is 378 g/mol. The molecule has 0 aliphatic rings. The summed E-state index contributed by atoms with van der Waals surface area (Å²) < 4.78 is 3.13. The number of aryl methyl sites for hydroxylation is 1. The molecule has 0 atom stereocenters. The lowest BCUT2D eigenvalue weighted by Gasteiger charge is -1.89. The van der Waals surface area contributed by atoms with Crippen molar-refractivity contribution in [3.8, 4) is 0 Å². The molecule has 4 aromatic heterocycles. The van der Waals surface area contributed by atoms with E-state index in [1.54, 1.807) is 21.9 Å². The summed E-state index contributed by atoms with van der Waals surface area (Å²) in [5.41, 5.74) is 2.46. The van der Waals surface area contributed by atoms with Crippen molar-refractivity contribution in [2.75, 3.05) is 0 Å². The summed E-state index contributed by atoms with van der Waals surface area (Å²) in [5, 5.41) is 2.03. The Labute approximate surface area is 135 Å². The van der Waals surface area contributed by atoms with Crippen molar-refractivity contribution in [1.82, 2.24) is 14.4 Å². The van der Waals surface area contributed by atoms with Crippen LogP contribution in [0.5, 0.6) is 0 Å². The summed E-state index contributed by atoms with van der Waals surface area (Å²) in [6.07, 6.45) is 3.62. The zero-order valence-electron chi connectivity index (χ0n) is 10.8. The molecule has 21 heavy (non-hydrogen) atoms. The quantitative estimate of drug-likeness (QED) is 0.512. The summed E-state index contributed by atoms with van der Waals surface area (Å²) in [6.45, 7) is 2.04. The second-order valence-electron chi connectivity index (χ2n) is 4.61. The van der Waals surface area contributed by atoms with Gasteiger partial charge in [0.1, 0.15) is 5.52 Å². The average Bonchev–Trinajstić information content (AvgIpc) is 3.08. The fraction of sp³-hybridized carbons (Fsp3) is 0.0714. The number of fused-ring (bicyclic) bond motifs is 3. The molecule has 0 saturated carbocycles. The number of imidazole rings is 1. The topological polar surface area (TPSA) is 47.3 Å². The molecular weight excluding hydrogens is 370 g/mol. The van der Waals surface area contributed by atoms with E-state index < -0.39 is 0 Å². The molecule has 4 rings (SSSR count). The van der Waals surface area contributed by atoms with Crippen molar-refractivity contribution >= 4 is 60.8 Å². The number of nitrogens with zero attached hydrogens (tertiary/aromatic N) is 3. The van der Waals surface area contributed by atoms with E-state index >= 15 is 0 Å². The van der Waals surface area contributed by atoms with E-state index in [2.05, 4.69) is 25.9 Å². The van der Waals surface area contributed by atoms with Gasteiger partial charge in [-0.2, -0.15) is 0 Å². The van der Waals surface area contributed by atoms with E-state index in [4.69, 9.17) is 0 Å². The van der Waals surface area contributed by atoms with Crippen LogP contribution in [0.3, 0.4) is 0 Å². The van der Waals surface area contributed by atoms with Crippen LogP contribution < -0.4 is 10.1 Å². The third-order valence-corrected chi connectivity index (χ3v) is 5.58. The summed E-state index contributed by atoms with van der Waals surface area (Å²) in [4.78, 5) is 23.2. The third-order valence-electron chi connectivity index (χ3n) is 3.21. The second-order valence-corrected chi connectivity index (χ2v) is 7.48. The van der Waals surface area contributed by atoms with E-state index in [1.165, 1.54) is 16.9 Å². The monoisotopic (exact) mass is 377 g/mol. The molecule has 0 amide bonds. The first kappa shape index (κ1) is 13.1. The maximum Gasteiger partial charge on any atom is 0.276 e. The van der Waals surface area contributed by atoms with Crippen molar-refractivity contribution < 1.29 is 0 Å². The van der Waals surface area contributed by atoms with Crippen molar-refractivity contribution in [1.29, 1.82) is 0 Å². The Balaban J connectivity index is 2.06. The molecule has 4 heterocycles. The largest absolute Gasteiger partial charge is 0.276 e. The highest BCUT2D eigenvalue weighted by Gasteiger charge is 2.12. The molecule has 0 bridgehead atoms. The van der Waals surface area contributed by atoms with Gasteiger partial charge in [0.05, 0.1) is 4.53 Å². The molecule has 0 unspecified atom stereocenters. The van der Waals surface area contributed by atoms with E-state index in [-0.39, 0.29) is 5.56 Å². The standard InChI is InChI=1S/C14H8BrN3OS2/c1-7-2-3-20-10(7)5-11-13(19)18-12-9(17-14(18)21-11)4-8(15)6-16-12/h2-6H,1H3/b11-5+. The summed E-state index contributed by atoms with van der Waals surface area (Å²) in [7, 11) is 0. The molecule has 0 radical (unpaired) electrons. The number of thiazole rings is 1. The van der Waals surface area contributed by atoms with Crippen molar-refractivity contribution in [3.63, 3.8) is 0 Å². The van der Waals surface area contributed by atoms with Gasteiger partial charge in [-0.25, -0.2) is 14.4 Å². The Morgan fingerprint density at radius 2 is 2.29 bits per heavy atom. The Bertz CT molecular complexity index is 1090. The maximum atomic E-state index is 12.6. The Morgan fingerprint density at radius 3 is 3.05 bits per heavy atom. The number of halogens is 1. The molecule has 7 heteroatoms. The zero-order chi connectivity index (χ0) is 14.6. The van der Waals surface area contributed by atoms with Gasteiger partial charge in [0.15, 0.2) is 10.6 Å². The number of aromatic nitrogens is 3. The highest BCUT2D eigenvalue weighted by molar-refractivity contribution is 9.10. The van der Waals surface area contributed by atoms with Crippen LogP contribution in [0, 0.1) is 6.92 Å². The van der Waals surface area contributed by atoms with Gasteiger partial charge in [0, 0.05) is 15.5 Å². The first-order chi connectivity index (χ1) is 10.1. The SMILES string of the molecule is Cc1ccsc1/C=c1/sc2nc3cc(Br)cnc3n2c1=O. The van der Waals surface area contributed by atoms with Gasteiger partial charge in [-0.1, -0.05) is 11.3 Å². The van der Waals surface area contributed by atoms with Crippen LogP contribution in [0.25, 0.3) is 22.2 Å². The molecule has 0 fully saturated rings. The smallest absolute Gasteiger partial charge is 0.267 e. The van der Waals surface area contributed by atoms with Crippen molar-refractivity contribution in [3.05, 3.63) is 53.5 Å². The number of hydrogen-bond donors (Lipinski definition) is 0. The van der Waals surface area contributed by atoms with Gasteiger partial charge in [-0.15, -0.1) is 11.3 Å². The maximum absolute atomic E-state index is 12.6. The summed E-state index contributed by atoms with van der Waals surface area (Å²) in [5.74, 6) is 0. The lowest BCUT2D eigenvalue weighted by molar-refractivity contribution is 1.15. The molecule has 0 aromatic carbocycles. The lowest BCUT2D eigenvalue weighted by Crippen LogP contribution is -2.22. The molecule has 0 spiro atoms. The highest BCUT2D eigenvalue weighted by Crippen LogP contribution is 2.19. The third kappa shape index (κ3) is 2.04. The van der Waals surface area contributed by atoms with Gasteiger partial charge in [0.25, 0.3) is 5.56 Å².